The molecule has 1 fully saturated rings. The zero-order valence-electron chi connectivity index (χ0n) is 56.5. The molecule has 1 aromatic heterocycles. The topological polar surface area (TPSA) is 429 Å². The number of nitrogens with one attached hydrogen (secondary N) is 5. The van der Waals surface area contributed by atoms with Gasteiger partial charge in [-0.25, -0.2) is 9.37 Å². The molecule has 98 heavy (non-hydrogen) atoms. The summed E-state index contributed by atoms with van der Waals surface area (Å²) in [4.78, 5) is 148. The molecule has 4 unspecified atom stereocenters. The van der Waals surface area contributed by atoms with Crippen molar-refractivity contribution in [1.29, 1.82) is 0 Å². The maximum atomic E-state index is 14.8. The fraction of sp³-hybridized carbons (Fsp3) is 0.457. The molecule has 3 aromatic carbocycles. The third-order valence-electron chi connectivity index (χ3n) is 17.7. The monoisotopic (exact) mass is 1370 g/mol. The van der Waals surface area contributed by atoms with Crippen molar-refractivity contribution in [3.63, 3.8) is 0 Å². The number of H-pyrrole nitrogens is 1. The van der Waals surface area contributed by atoms with Crippen molar-refractivity contribution in [3.05, 3.63) is 107 Å². The Morgan fingerprint density at radius 2 is 1.54 bits per heavy atom. The van der Waals surface area contributed by atoms with Crippen molar-refractivity contribution in [1.82, 2.24) is 35.7 Å². The van der Waals surface area contributed by atoms with Crippen LogP contribution in [0.2, 0.25) is 0 Å². The van der Waals surface area contributed by atoms with E-state index in [0.717, 1.165) is 27.7 Å². The van der Waals surface area contributed by atoms with Gasteiger partial charge in [0.1, 0.15) is 37.4 Å². The number of aromatic amines is 1. The van der Waals surface area contributed by atoms with E-state index in [1.807, 2.05) is 87.1 Å². The normalized spacial score (nSPS) is 15.9. The number of carbonyl (C=O) groups excluding carboxylic acids is 9. The maximum absolute atomic E-state index is 14.8. The Balaban J connectivity index is 1.04. The number of aliphatic hydroxyl groups is 3. The van der Waals surface area contributed by atoms with Gasteiger partial charge in [-0.05, 0) is 86.2 Å². The minimum atomic E-state index is -1.73. The van der Waals surface area contributed by atoms with Gasteiger partial charge >= 0.3 is 5.97 Å². The van der Waals surface area contributed by atoms with Crippen LogP contribution in [0.1, 0.15) is 105 Å². The van der Waals surface area contributed by atoms with Crippen LogP contribution in [0.15, 0.2) is 94.5 Å². The van der Waals surface area contributed by atoms with Crippen molar-refractivity contribution >= 4 is 104 Å². The Morgan fingerprint density at radius 1 is 0.847 bits per heavy atom. The highest BCUT2D eigenvalue weighted by Crippen LogP contribution is 2.42. The van der Waals surface area contributed by atoms with Crippen LogP contribution in [0, 0.1) is 23.7 Å². The number of imide groups is 1. The van der Waals surface area contributed by atoms with E-state index in [9.17, 15) is 68.4 Å². The van der Waals surface area contributed by atoms with E-state index < -0.39 is 126 Å². The second kappa shape index (κ2) is 34.7. The van der Waals surface area contributed by atoms with E-state index in [1.54, 1.807) is 31.3 Å². The summed E-state index contributed by atoms with van der Waals surface area (Å²) in [5.41, 5.74) is 21.3. The highest BCUT2D eigenvalue weighted by atomic mass is 32.2. The lowest BCUT2D eigenvalue weighted by Crippen LogP contribution is -2.52. The van der Waals surface area contributed by atoms with Gasteiger partial charge in [-0.3, -0.25) is 48.2 Å². The van der Waals surface area contributed by atoms with Crippen molar-refractivity contribution in [3.8, 4) is 22.5 Å². The number of hydrogen-bond acceptors (Lipinski definition) is 18. The highest BCUT2D eigenvalue weighted by Gasteiger charge is 2.40. The van der Waals surface area contributed by atoms with E-state index in [1.165, 1.54) is 32.0 Å². The SMILES string of the molecule is CC[C@H](C)[C@H](CC(C)=O)C(=O)N[C@@H](CC(C)O)C(=O)C[C@@H](CO)C(=O)N[C@@H](Cc1c[nH]c2ccccc12)C(=O)C[C@@H](CCCN=C(N)N)C(=O)NC(CSC1CC(=O)N(CCNC(=O)c2ccc(C(=O)O)c(-c3c4ccc(=[N+](C)C)cc-4oc4cc(N(C)C)ccc34)c2)C1=O)C(N)O. The van der Waals surface area contributed by atoms with Gasteiger partial charge in [0.25, 0.3) is 5.91 Å². The van der Waals surface area contributed by atoms with Crippen LogP contribution in [0.3, 0.4) is 0 Å². The Kier molecular flexibility index (Phi) is 26.9. The minimum Gasteiger partial charge on any atom is -0.478 e. The molecule has 3 heterocycles. The molecule has 1 aliphatic carbocycles. The van der Waals surface area contributed by atoms with E-state index in [-0.39, 0.29) is 98.3 Å². The average molecular weight is 1370 g/mol. The lowest BCUT2D eigenvalue weighted by atomic mass is 9.86. The molecule has 3 aliphatic rings. The quantitative estimate of drug-likeness (QED) is 0.00511. The molecule has 28 heteroatoms. The summed E-state index contributed by atoms with van der Waals surface area (Å²) in [5.74, 6) is -10.4. The van der Waals surface area contributed by atoms with Crippen molar-refractivity contribution in [2.45, 2.75) is 121 Å². The zero-order chi connectivity index (χ0) is 71.8. The first kappa shape index (κ1) is 76.0. The molecule has 0 radical (unpaired) electrons. The number of aliphatic hydroxyl groups excluding tert-OH is 3. The fourth-order valence-electron chi connectivity index (χ4n) is 11.9. The third kappa shape index (κ3) is 19.7. The Labute approximate surface area is 571 Å². The molecular weight excluding hydrogens is 1280 g/mol. The third-order valence-corrected chi connectivity index (χ3v) is 19.0. The van der Waals surface area contributed by atoms with Crippen LogP contribution in [-0.4, -0.2) is 191 Å². The number of aromatic nitrogens is 1. The standard InChI is InChI=1S/C70H90N12O15S/c1-9-37(2)50(25-38(3)84)67(93)78-53(26-39(4)85)57(87)30-43(35-83)66(92)77-54(28-42-34-76-52-15-11-10-14-46(42)52)56(86)29-40(13-12-22-75-70(72)73)65(91)79-55(63(71)89)36-98-60-33-61(88)82(68(60)94)24-23-74-64(90)41-16-19-47(69(95)96)51(27-41)62-48-20-17-44(80(5)6)31-58(48)97-59-32-45(81(7)8)18-21-49(59)62/h10-11,14-21,27,31-32,34,37,39-40,43,50,53-55,60,63,76,83,85,89H,9,12-13,22-26,28-30,33,35-36,71H2,1-8H3,(H8-,72,73,74,75,77,78,79,90,91,92,93,95,96)/p+1/t37-,39?,40+,43-,50-,53-,54-,55?,60?,63?/m0/s1. The van der Waals surface area contributed by atoms with Crippen LogP contribution < -0.4 is 53.3 Å². The molecule has 526 valence electrons. The largest absolute Gasteiger partial charge is 0.478 e. The van der Waals surface area contributed by atoms with E-state index in [2.05, 4.69) is 31.2 Å². The number of ketones is 3. The number of nitrogens with two attached hydrogens (primary N) is 3. The second-order valence-electron chi connectivity index (χ2n) is 25.5. The number of carbonyl (C=O) groups is 10. The zero-order valence-corrected chi connectivity index (χ0v) is 57.3. The number of amides is 6. The number of aromatic carboxylic acids is 1. The first-order valence-corrected chi connectivity index (χ1v) is 33.6. The Morgan fingerprint density at radius 3 is 2.19 bits per heavy atom. The number of carboxylic acids is 1. The first-order chi connectivity index (χ1) is 46.5. The van der Waals surface area contributed by atoms with Crippen LogP contribution in [0.5, 0.6) is 0 Å². The molecule has 4 aromatic rings. The predicted molar refractivity (Wildman–Crippen MR) is 372 cm³/mol. The van der Waals surface area contributed by atoms with Gasteiger partial charge in [-0.15, -0.1) is 11.8 Å². The molecule has 10 atom stereocenters. The number of likely N-dealkylation sites (tertiary alicyclic amines) is 1. The van der Waals surface area contributed by atoms with Crippen LogP contribution in [0.25, 0.3) is 44.3 Å². The number of aliphatic imine (C=N–C) groups is 1. The summed E-state index contributed by atoms with van der Waals surface area (Å²) in [5, 5.41) is 54.4. The number of thioether (sulfide) groups is 1. The first-order valence-electron chi connectivity index (χ1n) is 32.6. The highest BCUT2D eigenvalue weighted by molar-refractivity contribution is 8.00. The molecule has 0 bridgehead atoms. The Bertz CT molecular complexity index is 4000. The van der Waals surface area contributed by atoms with Crippen molar-refractivity contribution < 1.29 is 72.8 Å². The molecule has 27 nitrogen and oxygen atoms in total. The molecule has 7 rings (SSSR count). The summed E-state index contributed by atoms with van der Waals surface area (Å²) in [6, 6.07) is 18.6. The number of benzene rings is 4. The van der Waals surface area contributed by atoms with Crippen LogP contribution in [-0.2, 0) is 44.8 Å². The van der Waals surface area contributed by atoms with Gasteiger partial charge in [0.2, 0.25) is 34.9 Å². The smallest absolute Gasteiger partial charge is 0.336 e. The molecule has 0 spiro atoms. The lowest BCUT2D eigenvalue weighted by Gasteiger charge is -2.27. The number of nitrogens with zero attached hydrogens (tertiary/aromatic N) is 4. The van der Waals surface area contributed by atoms with Gasteiger partial charge in [0.05, 0.1) is 53.6 Å². The Hall–Kier alpha value is -9.35. The van der Waals surface area contributed by atoms with Crippen LogP contribution in [0.4, 0.5) is 5.69 Å². The molecule has 6 amide bonds. The number of hydrogen-bond donors (Lipinski definition) is 12. The van der Waals surface area contributed by atoms with Gasteiger partial charge in [-0.2, -0.15) is 0 Å². The summed E-state index contributed by atoms with van der Waals surface area (Å²) in [7, 11) is 7.53. The summed E-state index contributed by atoms with van der Waals surface area (Å²) in [6.07, 6.45) is -2.31. The lowest BCUT2D eigenvalue weighted by molar-refractivity contribution is -0.138. The molecule has 2 aliphatic heterocycles. The molecule has 1 saturated heterocycles. The molecule has 15 N–H and O–H groups in total. The maximum Gasteiger partial charge on any atom is 0.336 e. The number of guanidine groups is 1. The molecule has 0 saturated carbocycles. The number of para-hydroxylation sites is 1. The summed E-state index contributed by atoms with van der Waals surface area (Å²) >= 11 is 0.943. The fourth-order valence-corrected chi connectivity index (χ4v) is 13.2. The number of carboxylic acid groups (broad SMARTS) is 1. The van der Waals surface area contributed by atoms with Gasteiger partial charge in [-0.1, -0.05) is 38.5 Å². The van der Waals surface area contributed by atoms with Gasteiger partial charge in [0, 0.05) is 147 Å². The van der Waals surface area contributed by atoms with E-state index >= 15 is 0 Å². The number of rotatable bonds is 36. The van der Waals surface area contributed by atoms with E-state index in [4.69, 9.17) is 21.6 Å². The minimum absolute atomic E-state index is 0.0129. The number of anilines is 1. The second-order valence-corrected chi connectivity index (χ2v) is 26.7. The average Bonchev–Trinajstić information content (AvgIpc) is 0.963. The van der Waals surface area contributed by atoms with Gasteiger partial charge in [0.15, 0.2) is 17.5 Å². The molecular formula is C70H91N12O15S+. The van der Waals surface area contributed by atoms with Crippen molar-refractivity contribution in [2.24, 2.45) is 45.9 Å². The van der Waals surface area contributed by atoms with Gasteiger partial charge < -0.3 is 78.0 Å². The van der Waals surface area contributed by atoms with Crippen molar-refractivity contribution in [2.75, 3.05) is 65.1 Å². The predicted octanol–water partition coefficient (Wildman–Crippen LogP) is 2.66. The summed E-state index contributed by atoms with van der Waals surface area (Å²) < 4.78 is 8.34. The summed E-state index contributed by atoms with van der Waals surface area (Å²) in [6.45, 7) is 5.18. The number of fused-ring (bicyclic) bond motifs is 3. The number of Topliss-reactive ketones (excluding diaryl/α,β-unsaturated/α-hetero) is 3. The van der Waals surface area contributed by atoms with Crippen LogP contribution >= 0.6 is 11.8 Å². The van der Waals surface area contributed by atoms with E-state index in [0.29, 0.717) is 50.7 Å².